The van der Waals surface area contributed by atoms with Crippen LogP contribution < -0.4 is 16.0 Å². The van der Waals surface area contributed by atoms with Gasteiger partial charge in [-0.1, -0.05) is 33.3 Å². The molecule has 3 aliphatic rings. The zero-order valence-corrected chi connectivity index (χ0v) is 22.9. The molecule has 2 saturated carbocycles. The van der Waals surface area contributed by atoms with Crippen molar-refractivity contribution in [2.24, 2.45) is 23.2 Å². The average molecular weight is 519 g/mol. The number of ether oxygens (including phenoxy) is 1. The van der Waals surface area contributed by atoms with Crippen molar-refractivity contribution in [1.29, 1.82) is 0 Å². The van der Waals surface area contributed by atoms with Gasteiger partial charge in [-0.3, -0.25) is 19.2 Å². The molecule has 1 saturated heterocycles. The lowest BCUT2D eigenvalue weighted by atomic mass is 9.98. The van der Waals surface area contributed by atoms with E-state index in [-0.39, 0.29) is 35.6 Å². The molecule has 0 aromatic heterocycles. The summed E-state index contributed by atoms with van der Waals surface area (Å²) in [6.45, 7) is 15.3. The molecule has 0 bridgehead atoms. The second-order valence-electron chi connectivity index (χ2n) is 12.1. The minimum atomic E-state index is -0.987. The predicted molar refractivity (Wildman–Crippen MR) is 137 cm³/mol. The fourth-order valence-electron chi connectivity index (χ4n) is 5.46. The van der Waals surface area contributed by atoms with Gasteiger partial charge >= 0.3 is 6.09 Å². The molecule has 3 fully saturated rings. The SMILES string of the molecule is C=CCNC(=O)C(=O)C(CCC)NC(=O)C1C2C(CN1C(=O)C(NC(=O)OC(C)(C)C)C1CC1)C2(C)C. The van der Waals surface area contributed by atoms with Crippen LogP contribution in [-0.2, 0) is 23.9 Å². The summed E-state index contributed by atoms with van der Waals surface area (Å²) in [5.41, 5.74) is -0.834. The Morgan fingerprint density at radius 1 is 1.14 bits per heavy atom. The molecule has 1 heterocycles. The summed E-state index contributed by atoms with van der Waals surface area (Å²) in [5.74, 6) is -2.17. The molecule has 0 aromatic rings. The molecular weight excluding hydrogens is 476 g/mol. The van der Waals surface area contributed by atoms with Crippen LogP contribution in [0, 0.1) is 23.2 Å². The molecule has 1 aliphatic heterocycles. The van der Waals surface area contributed by atoms with Gasteiger partial charge in [-0.15, -0.1) is 6.58 Å². The first-order valence-electron chi connectivity index (χ1n) is 13.3. The van der Waals surface area contributed by atoms with E-state index in [1.54, 1.807) is 25.7 Å². The monoisotopic (exact) mass is 518 g/mol. The van der Waals surface area contributed by atoms with Gasteiger partial charge in [0.25, 0.3) is 5.91 Å². The number of amides is 4. The number of hydrogen-bond acceptors (Lipinski definition) is 6. The van der Waals surface area contributed by atoms with Gasteiger partial charge in [0.05, 0.1) is 6.04 Å². The van der Waals surface area contributed by atoms with E-state index >= 15 is 0 Å². The predicted octanol–water partition coefficient (Wildman–Crippen LogP) is 1.93. The van der Waals surface area contributed by atoms with Gasteiger partial charge in [0, 0.05) is 13.1 Å². The molecular formula is C27H42N4O6. The number of carbonyl (C=O) groups excluding carboxylic acids is 5. The van der Waals surface area contributed by atoms with Crippen LogP contribution in [0.5, 0.6) is 0 Å². The number of carbonyl (C=O) groups is 5. The summed E-state index contributed by atoms with van der Waals surface area (Å²) < 4.78 is 5.37. The Morgan fingerprint density at radius 2 is 1.78 bits per heavy atom. The first-order valence-corrected chi connectivity index (χ1v) is 13.3. The maximum Gasteiger partial charge on any atom is 0.408 e. The second kappa shape index (κ2) is 10.8. The van der Waals surface area contributed by atoms with Crippen LogP contribution in [0.2, 0.25) is 0 Å². The number of fused-ring (bicyclic) bond motifs is 1. The first-order chi connectivity index (χ1) is 17.2. The third kappa shape index (κ3) is 6.51. The molecule has 10 heteroatoms. The summed E-state index contributed by atoms with van der Waals surface area (Å²) in [7, 11) is 0. The van der Waals surface area contributed by atoms with E-state index in [0.717, 1.165) is 12.8 Å². The van der Waals surface area contributed by atoms with Crippen molar-refractivity contribution in [1.82, 2.24) is 20.9 Å². The van der Waals surface area contributed by atoms with Gasteiger partial charge in [0.1, 0.15) is 17.7 Å². The third-order valence-corrected chi connectivity index (χ3v) is 7.63. The number of likely N-dealkylation sites (tertiary alicyclic amines) is 1. The van der Waals surface area contributed by atoms with Gasteiger partial charge in [0.2, 0.25) is 17.6 Å². The summed E-state index contributed by atoms with van der Waals surface area (Å²) in [6.07, 6.45) is 3.30. The lowest BCUT2D eigenvalue weighted by molar-refractivity contribution is -0.144. The third-order valence-electron chi connectivity index (χ3n) is 7.63. The summed E-state index contributed by atoms with van der Waals surface area (Å²) in [5, 5.41) is 7.97. The Balaban J connectivity index is 1.77. The average Bonchev–Trinajstić information content (AvgIpc) is 3.67. The Bertz CT molecular complexity index is 951. The highest BCUT2D eigenvalue weighted by Crippen LogP contribution is 2.65. The van der Waals surface area contributed by atoms with Crippen LogP contribution in [0.4, 0.5) is 4.79 Å². The molecule has 0 aromatic carbocycles. The summed E-state index contributed by atoms with van der Waals surface area (Å²) in [6, 6.07) is -2.54. The number of nitrogens with zero attached hydrogens (tertiary/aromatic N) is 1. The second-order valence-corrected chi connectivity index (χ2v) is 12.1. The molecule has 3 N–H and O–H groups in total. The Labute approximate surface area is 219 Å². The topological polar surface area (TPSA) is 134 Å². The molecule has 0 spiro atoms. The molecule has 37 heavy (non-hydrogen) atoms. The molecule has 10 nitrogen and oxygen atoms in total. The van der Waals surface area contributed by atoms with E-state index in [0.29, 0.717) is 19.4 Å². The molecule has 2 aliphatic carbocycles. The Hall–Kier alpha value is -2.91. The van der Waals surface area contributed by atoms with Gasteiger partial charge < -0.3 is 25.6 Å². The van der Waals surface area contributed by atoms with E-state index in [9.17, 15) is 24.0 Å². The number of ketones is 1. The lowest BCUT2D eigenvalue weighted by Gasteiger charge is -2.34. The fraction of sp³-hybridized carbons (Fsp3) is 0.741. The number of nitrogens with one attached hydrogen (secondary N) is 3. The molecule has 4 amide bonds. The first kappa shape index (κ1) is 28.7. The van der Waals surface area contributed by atoms with E-state index in [1.807, 2.05) is 6.92 Å². The highest BCUT2D eigenvalue weighted by atomic mass is 16.6. The zero-order valence-electron chi connectivity index (χ0n) is 22.9. The quantitative estimate of drug-likeness (QED) is 0.283. The number of Topliss-reactive ketones (excluding diaryl/α,β-unsaturated/α-hetero) is 1. The number of piperidine rings is 1. The molecule has 5 atom stereocenters. The van der Waals surface area contributed by atoms with Crippen LogP contribution in [0.1, 0.15) is 67.2 Å². The molecule has 3 rings (SSSR count). The van der Waals surface area contributed by atoms with Crippen molar-refractivity contribution in [2.75, 3.05) is 13.1 Å². The van der Waals surface area contributed by atoms with Crippen molar-refractivity contribution in [3.63, 3.8) is 0 Å². The Morgan fingerprint density at radius 3 is 2.32 bits per heavy atom. The highest BCUT2D eigenvalue weighted by Gasteiger charge is 2.70. The van der Waals surface area contributed by atoms with E-state index < -0.39 is 47.4 Å². The van der Waals surface area contributed by atoms with Gasteiger partial charge in [-0.05, 0) is 63.2 Å². The van der Waals surface area contributed by atoms with Crippen LogP contribution in [0.15, 0.2) is 12.7 Å². The largest absolute Gasteiger partial charge is 0.444 e. The van der Waals surface area contributed by atoms with Crippen molar-refractivity contribution < 1.29 is 28.7 Å². The van der Waals surface area contributed by atoms with Crippen molar-refractivity contribution in [3.8, 4) is 0 Å². The summed E-state index contributed by atoms with van der Waals surface area (Å²) in [4.78, 5) is 66.4. The van der Waals surface area contributed by atoms with Crippen LogP contribution in [-0.4, -0.2) is 71.3 Å². The molecule has 5 unspecified atom stereocenters. The van der Waals surface area contributed by atoms with Gasteiger partial charge in [-0.2, -0.15) is 0 Å². The summed E-state index contributed by atoms with van der Waals surface area (Å²) >= 11 is 0. The molecule has 206 valence electrons. The molecule has 0 radical (unpaired) electrons. The number of alkyl carbamates (subject to hydrolysis) is 1. The van der Waals surface area contributed by atoms with Gasteiger partial charge in [0.15, 0.2) is 0 Å². The zero-order chi connectivity index (χ0) is 27.7. The van der Waals surface area contributed by atoms with Crippen LogP contribution in [0.25, 0.3) is 0 Å². The number of rotatable bonds is 11. The fourth-order valence-corrected chi connectivity index (χ4v) is 5.46. The smallest absolute Gasteiger partial charge is 0.408 e. The standard InChI is InChI=1S/C27H42N4O6/c1-8-10-17(21(32)23(34)28-13-9-2)29-22(33)20-18-16(27(18,6)7)14-31(20)24(35)19(15-11-12-15)30-25(36)37-26(3,4)5/h9,15-20H,2,8,10-14H2,1,3-7H3,(H,28,34)(H,29,33)(H,30,36). The van der Waals surface area contributed by atoms with Crippen LogP contribution >= 0.6 is 0 Å². The van der Waals surface area contributed by atoms with E-state index in [4.69, 9.17) is 4.74 Å². The minimum absolute atomic E-state index is 0.00311. The van der Waals surface area contributed by atoms with Crippen LogP contribution in [0.3, 0.4) is 0 Å². The van der Waals surface area contributed by atoms with Gasteiger partial charge in [-0.25, -0.2) is 4.79 Å². The van der Waals surface area contributed by atoms with E-state index in [1.165, 1.54) is 6.08 Å². The maximum atomic E-state index is 13.7. The van der Waals surface area contributed by atoms with Crippen molar-refractivity contribution in [2.45, 2.75) is 91.0 Å². The van der Waals surface area contributed by atoms with Crippen molar-refractivity contribution in [3.05, 3.63) is 12.7 Å². The Kier molecular flexibility index (Phi) is 8.39. The van der Waals surface area contributed by atoms with Crippen molar-refractivity contribution >= 4 is 29.6 Å². The normalized spacial score (nSPS) is 25.2. The highest BCUT2D eigenvalue weighted by molar-refractivity contribution is 6.38. The lowest BCUT2D eigenvalue weighted by Crippen LogP contribution is -2.58. The number of hydrogen-bond donors (Lipinski definition) is 3. The van der Waals surface area contributed by atoms with E-state index in [2.05, 4.69) is 36.4 Å². The minimum Gasteiger partial charge on any atom is -0.444 e. The maximum absolute atomic E-state index is 13.7.